The Morgan fingerprint density at radius 2 is 1.90 bits per heavy atom. The first kappa shape index (κ1) is 27.5. The predicted octanol–water partition coefficient (Wildman–Crippen LogP) is 1.64. The lowest BCUT2D eigenvalue weighted by atomic mass is 10.1. The lowest BCUT2D eigenvalue weighted by molar-refractivity contribution is -0.124. The normalized spacial score (nSPS) is 16.8. The lowest BCUT2D eigenvalue weighted by Crippen LogP contribution is -2.60. The summed E-state index contributed by atoms with van der Waals surface area (Å²) in [4.78, 5) is 28.6. The third-order valence-electron chi connectivity index (χ3n) is 7.14. The van der Waals surface area contributed by atoms with E-state index in [1.807, 2.05) is 23.1 Å². The first-order valence-electron chi connectivity index (χ1n) is 13.3. The average molecular weight is 592 g/mol. The second-order valence-corrected chi connectivity index (χ2v) is 11.6. The number of hydrogen-bond donors (Lipinski definition) is 1. The van der Waals surface area contributed by atoms with Crippen molar-refractivity contribution in [2.45, 2.75) is 17.4 Å². The molecule has 0 saturated carbocycles. The fraction of sp³-hybridized carbons (Fsp3) is 0.286. The molecule has 1 saturated heterocycles. The zero-order valence-electron chi connectivity index (χ0n) is 22.8. The van der Waals surface area contributed by atoms with Gasteiger partial charge in [-0.05, 0) is 54.4 Å². The smallest absolute Gasteiger partial charge is 0.243 e. The first-order chi connectivity index (χ1) is 20.4. The summed E-state index contributed by atoms with van der Waals surface area (Å²) in [5, 5.41) is 2.94. The van der Waals surface area contributed by atoms with E-state index in [0.29, 0.717) is 48.5 Å². The number of ether oxygens (including phenoxy) is 3. The van der Waals surface area contributed by atoms with Gasteiger partial charge < -0.3 is 24.4 Å². The van der Waals surface area contributed by atoms with Gasteiger partial charge in [-0.15, -0.1) is 0 Å². The molecule has 0 radical (unpaired) electrons. The van der Waals surface area contributed by atoms with Crippen LogP contribution < -0.4 is 24.4 Å². The summed E-state index contributed by atoms with van der Waals surface area (Å²) < 4.78 is 46.5. The Hall–Kier alpha value is -4.69. The zero-order valence-corrected chi connectivity index (χ0v) is 23.6. The van der Waals surface area contributed by atoms with Gasteiger partial charge in [0.2, 0.25) is 28.7 Å². The topological polar surface area (TPSA) is 141 Å². The third-order valence-corrected chi connectivity index (χ3v) is 9.06. The second kappa shape index (κ2) is 11.7. The van der Waals surface area contributed by atoms with Gasteiger partial charge in [0.15, 0.2) is 11.5 Å². The number of carbonyl (C=O) groups excluding carboxylic acids is 1. The summed E-state index contributed by atoms with van der Waals surface area (Å²) in [5.74, 6) is 2.48. The highest BCUT2D eigenvalue weighted by Crippen LogP contribution is 2.32. The van der Waals surface area contributed by atoms with Gasteiger partial charge in [-0.25, -0.2) is 18.4 Å². The highest BCUT2D eigenvalue weighted by Gasteiger charge is 2.40. The van der Waals surface area contributed by atoms with E-state index >= 15 is 0 Å². The second-order valence-electron chi connectivity index (χ2n) is 9.67. The Morgan fingerprint density at radius 3 is 2.69 bits per heavy atom. The van der Waals surface area contributed by atoms with Crippen molar-refractivity contribution in [2.24, 2.45) is 0 Å². The summed E-state index contributed by atoms with van der Waals surface area (Å²) >= 11 is 0. The molecule has 2 aliphatic heterocycles. The minimum absolute atomic E-state index is 0.0824. The number of nitrogens with one attached hydrogen (secondary N) is 1. The number of anilines is 1. The van der Waals surface area contributed by atoms with Crippen LogP contribution in [0.1, 0.15) is 5.56 Å². The van der Waals surface area contributed by atoms with Crippen molar-refractivity contribution in [3.63, 3.8) is 0 Å². The van der Waals surface area contributed by atoms with Gasteiger partial charge in [-0.3, -0.25) is 9.36 Å². The quantitative estimate of drug-likeness (QED) is 0.305. The summed E-state index contributed by atoms with van der Waals surface area (Å²) in [6.07, 6.45) is 7.11. The molecular weight excluding hydrogens is 562 g/mol. The monoisotopic (exact) mass is 591 g/mol. The van der Waals surface area contributed by atoms with Crippen LogP contribution in [0.3, 0.4) is 0 Å². The fourth-order valence-corrected chi connectivity index (χ4v) is 6.49. The van der Waals surface area contributed by atoms with Gasteiger partial charge in [0.25, 0.3) is 0 Å². The van der Waals surface area contributed by atoms with Crippen LogP contribution in [0.25, 0.3) is 5.95 Å². The molecule has 4 aromatic rings. The molecule has 1 unspecified atom stereocenters. The molecule has 0 aliphatic carbocycles. The van der Waals surface area contributed by atoms with Crippen molar-refractivity contribution >= 4 is 21.7 Å². The molecule has 14 heteroatoms. The van der Waals surface area contributed by atoms with Crippen molar-refractivity contribution in [2.75, 3.05) is 45.0 Å². The van der Waals surface area contributed by atoms with Crippen LogP contribution in [-0.2, 0) is 21.2 Å². The highest BCUT2D eigenvalue weighted by molar-refractivity contribution is 7.89. The van der Waals surface area contributed by atoms with Crippen LogP contribution in [0.2, 0.25) is 0 Å². The van der Waals surface area contributed by atoms with E-state index in [9.17, 15) is 13.2 Å². The molecule has 4 heterocycles. The molecular formula is C28H29N7O6S. The van der Waals surface area contributed by atoms with E-state index in [0.717, 1.165) is 5.56 Å². The summed E-state index contributed by atoms with van der Waals surface area (Å²) in [5.41, 5.74) is 0.959. The maximum absolute atomic E-state index is 13.8. The summed E-state index contributed by atoms with van der Waals surface area (Å²) in [6, 6.07) is 12.5. The highest BCUT2D eigenvalue weighted by atomic mass is 32.2. The van der Waals surface area contributed by atoms with E-state index in [4.69, 9.17) is 14.2 Å². The largest absolute Gasteiger partial charge is 0.497 e. The number of aromatic nitrogens is 4. The minimum atomic E-state index is -4.00. The molecule has 42 heavy (non-hydrogen) atoms. The Balaban J connectivity index is 1.22. The number of fused-ring (bicyclic) bond motifs is 1. The number of carbonyl (C=O) groups is 1. The van der Waals surface area contributed by atoms with Crippen LogP contribution in [0.4, 0.5) is 5.82 Å². The zero-order chi connectivity index (χ0) is 29.1. The van der Waals surface area contributed by atoms with Crippen molar-refractivity contribution in [3.8, 4) is 23.2 Å². The molecule has 1 N–H and O–H groups in total. The number of benzene rings is 2. The van der Waals surface area contributed by atoms with Crippen LogP contribution >= 0.6 is 0 Å². The van der Waals surface area contributed by atoms with E-state index in [-0.39, 0.29) is 24.8 Å². The molecule has 13 nitrogen and oxygen atoms in total. The van der Waals surface area contributed by atoms with Gasteiger partial charge in [0, 0.05) is 44.8 Å². The number of piperazine rings is 1. The Kier molecular flexibility index (Phi) is 7.63. The molecule has 0 spiro atoms. The van der Waals surface area contributed by atoms with Crippen LogP contribution in [-0.4, -0.2) is 84.3 Å². The van der Waals surface area contributed by atoms with Crippen molar-refractivity contribution < 1.29 is 27.4 Å². The first-order valence-corrected chi connectivity index (χ1v) is 14.7. The molecule has 2 aromatic carbocycles. The summed E-state index contributed by atoms with van der Waals surface area (Å²) in [7, 11) is -2.49. The maximum atomic E-state index is 13.8. The van der Waals surface area contributed by atoms with E-state index < -0.39 is 22.0 Å². The lowest BCUT2D eigenvalue weighted by Gasteiger charge is -2.40. The number of rotatable bonds is 9. The van der Waals surface area contributed by atoms with E-state index in [2.05, 4.69) is 20.3 Å². The summed E-state index contributed by atoms with van der Waals surface area (Å²) in [6.45, 7) is 1.01. The van der Waals surface area contributed by atoms with Gasteiger partial charge in [-0.1, -0.05) is 6.07 Å². The maximum Gasteiger partial charge on any atom is 0.243 e. The van der Waals surface area contributed by atoms with E-state index in [1.165, 1.54) is 23.5 Å². The van der Waals surface area contributed by atoms with Gasteiger partial charge in [-0.2, -0.15) is 9.29 Å². The molecule has 1 atom stereocenters. The minimum Gasteiger partial charge on any atom is -0.497 e. The predicted molar refractivity (Wildman–Crippen MR) is 151 cm³/mol. The third kappa shape index (κ3) is 5.58. The average Bonchev–Trinajstić information content (AvgIpc) is 3.73. The van der Waals surface area contributed by atoms with E-state index in [1.54, 1.807) is 47.7 Å². The fourth-order valence-electron chi connectivity index (χ4n) is 4.92. The Morgan fingerprint density at radius 1 is 1.07 bits per heavy atom. The number of imidazole rings is 1. The van der Waals surface area contributed by atoms with Gasteiger partial charge in [0.1, 0.15) is 23.9 Å². The number of nitrogens with zero attached hydrogens (tertiary/aromatic N) is 6. The number of methoxy groups -OCH3 is 1. The van der Waals surface area contributed by atoms with Crippen molar-refractivity contribution in [1.29, 1.82) is 0 Å². The molecule has 1 amide bonds. The van der Waals surface area contributed by atoms with Gasteiger partial charge >= 0.3 is 0 Å². The van der Waals surface area contributed by atoms with Crippen LogP contribution in [0.15, 0.2) is 78.3 Å². The molecule has 2 aromatic heterocycles. The standard InChI is InChI=1S/C28H29N7O6S/c1-39-21-3-5-22(6-4-21)42(37,38)35-15-14-33(26-9-11-31-28(32-26)34-13-12-29-18-34)17-23(35)27(36)30-10-8-20-2-7-24-25(16-20)41-19-40-24/h2-7,9,11-13,16,18,23H,8,10,14-15,17,19H2,1H3,(H,30,36). The van der Waals surface area contributed by atoms with Crippen molar-refractivity contribution in [1.82, 2.24) is 29.1 Å². The van der Waals surface area contributed by atoms with Crippen LogP contribution in [0.5, 0.6) is 17.2 Å². The Labute approximate surface area is 242 Å². The number of amides is 1. The molecule has 2 aliphatic rings. The molecule has 0 bridgehead atoms. The Bertz CT molecular complexity index is 1660. The van der Waals surface area contributed by atoms with Gasteiger partial charge in [0.05, 0.1) is 12.0 Å². The van der Waals surface area contributed by atoms with Crippen molar-refractivity contribution in [3.05, 3.63) is 79.0 Å². The number of sulfonamides is 1. The number of hydrogen-bond acceptors (Lipinski definition) is 10. The SMILES string of the molecule is COc1ccc(S(=O)(=O)N2CCN(c3ccnc(-n4ccnc4)n3)CC2C(=O)NCCc2ccc3c(c2)OCO3)cc1. The molecule has 1 fully saturated rings. The molecule has 6 rings (SSSR count). The van der Waals surface area contributed by atoms with Crippen LogP contribution in [0, 0.1) is 0 Å². The molecule has 218 valence electrons.